The highest BCUT2D eigenvalue weighted by atomic mass is 32.1. The first-order chi connectivity index (χ1) is 12.6. The summed E-state index contributed by atoms with van der Waals surface area (Å²) in [6, 6.07) is 7.57. The Bertz CT molecular complexity index is 850. The smallest absolute Gasteiger partial charge is 0.257 e. The molecule has 2 amide bonds. The van der Waals surface area contributed by atoms with Crippen molar-refractivity contribution >= 4 is 28.2 Å². The van der Waals surface area contributed by atoms with Crippen LogP contribution in [0.2, 0.25) is 0 Å². The van der Waals surface area contributed by atoms with Gasteiger partial charge in [-0.05, 0) is 62.6 Å². The summed E-state index contributed by atoms with van der Waals surface area (Å²) in [5.41, 5.74) is 3.55. The van der Waals surface area contributed by atoms with Gasteiger partial charge in [0.15, 0.2) is 0 Å². The number of carbonyl (C=O) groups excluding carboxylic acids is 2. The fraction of sp³-hybridized carbons (Fsp3) is 0.429. The van der Waals surface area contributed by atoms with Crippen LogP contribution in [0.4, 0.5) is 5.00 Å². The lowest BCUT2D eigenvalue weighted by molar-refractivity contribution is 0.0793. The van der Waals surface area contributed by atoms with Crippen molar-refractivity contribution in [1.29, 1.82) is 0 Å². The van der Waals surface area contributed by atoms with Crippen LogP contribution in [0, 0.1) is 6.92 Å². The molecule has 26 heavy (non-hydrogen) atoms. The number of rotatable bonds is 3. The summed E-state index contributed by atoms with van der Waals surface area (Å²) in [5.74, 6) is -0.0286. The summed E-state index contributed by atoms with van der Waals surface area (Å²) < 4.78 is 0. The molecule has 1 aliphatic carbocycles. The van der Waals surface area contributed by atoms with Gasteiger partial charge in [0.1, 0.15) is 5.00 Å². The van der Waals surface area contributed by atoms with Crippen molar-refractivity contribution in [2.75, 3.05) is 18.4 Å². The lowest BCUT2D eigenvalue weighted by atomic mass is 9.95. The van der Waals surface area contributed by atoms with Crippen molar-refractivity contribution in [2.24, 2.45) is 0 Å². The van der Waals surface area contributed by atoms with Gasteiger partial charge in [0.05, 0.1) is 5.56 Å². The van der Waals surface area contributed by atoms with E-state index in [1.54, 1.807) is 11.3 Å². The third kappa shape index (κ3) is 3.16. The number of hydrogen-bond acceptors (Lipinski definition) is 3. The van der Waals surface area contributed by atoms with Crippen molar-refractivity contribution in [3.63, 3.8) is 0 Å². The minimum Gasteiger partial charge on any atom is -0.339 e. The number of nitrogens with one attached hydrogen (secondary N) is 1. The third-order valence-corrected chi connectivity index (χ3v) is 6.60. The van der Waals surface area contributed by atoms with Crippen LogP contribution in [0.5, 0.6) is 0 Å². The third-order valence-electron chi connectivity index (χ3n) is 5.40. The molecule has 4 rings (SSSR count). The monoisotopic (exact) mass is 368 g/mol. The second kappa shape index (κ2) is 7.23. The number of nitrogens with zero attached hydrogens (tertiary/aromatic N) is 1. The Morgan fingerprint density at radius 1 is 1.04 bits per heavy atom. The van der Waals surface area contributed by atoms with Gasteiger partial charge in [-0.3, -0.25) is 9.59 Å². The fourth-order valence-corrected chi connectivity index (χ4v) is 5.23. The molecule has 1 saturated heterocycles. The minimum atomic E-state index is -0.128. The highest BCUT2D eigenvalue weighted by Crippen LogP contribution is 2.39. The van der Waals surface area contributed by atoms with Crippen LogP contribution >= 0.6 is 11.3 Å². The summed E-state index contributed by atoms with van der Waals surface area (Å²) in [6.07, 6.45) is 6.39. The molecule has 2 heterocycles. The molecule has 0 saturated carbocycles. The molecule has 136 valence electrons. The van der Waals surface area contributed by atoms with E-state index in [4.69, 9.17) is 0 Å². The van der Waals surface area contributed by atoms with Gasteiger partial charge < -0.3 is 10.2 Å². The summed E-state index contributed by atoms with van der Waals surface area (Å²) in [4.78, 5) is 29.2. The van der Waals surface area contributed by atoms with E-state index in [-0.39, 0.29) is 11.8 Å². The Hall–Kier alpha value is -2.14. The number of amides is 2. The van der Waals surface area contributed by atoms with Crippen LogP contribution in [0.1, 0.15) is 62.4 Å². The van der Waals surface area contributed by atoms with Crippen molar-refractivity contribution in [1.82, 2.24) is 4.90 Å². The summed E-state index contributed by atoms with van der Waals surface area (Å²) >= 11 is 1.60. The van der Waals surface area contributed by atoms with E-state index < -0.39 is 0 Å². The SMILES string of the molecule is Cc1ccccc1C(=O)Nc1sc2c(c1C(=O)N1CCCC1)CCCC2. The van der Waals surface area contributed by atoms with E-state index in [0.717, 1.165) is 67.7 Å². The second-order valence-corrected chi connectivity index (χ2v) is 8.29. The molecule has 1 fully saturated rings. The van der Waals surface area contributed by atoms with Gasteiger partial charge in [-0.2, -0.15) is 0 Å². The predicted molar refractivity (Wildman–Crippen MR) is 105 cm³/mol. The number of carbonyl (C=O) groups is 2. The predicted octanol–water partition coefficient (Wildman–Crippen LogP) is 4.42. The van der Waals surface area contributed by atoms with E-state index in [1.165, 1.54) is 10.4 Å². The Morgan fingerprint density at radius 3 is 2.54 bits per heavy atom. The van der Waals surface area contributed by atoms with Crippen molar-refractivity contribution in [3.8, 4) is 0 Å². The Labute approximate surface area is 158 Å². The maximum Gasteiger partial charge on any atom is 0.257 e. The molecule has 2 aromatic rings. The van der Waals surface area contributed by atoms with E-state index in [9.17, 15) is 9.59 Å². The maximum atomic E-state index is 13.2. The van der Waals surface area contributed by atoms with E-state index in [2.05, 4.69) is 5.32 Å². The zero-order valence-corrected chi connectivity index (χ0v) is 16.0. The molecule has 0 spiro atoms. The number of fused-ring (bicyclic) bond motifs is 1. The molecule has 1 N–H and O–H groups in total. The molecule has 0 bridgehead atoms. The largest absolute Gasteiger partial charge is 0.339 e. The molecule has 0 unspecified atom stereocenters. The summed E-state index contributed by atoms with van der Waals surface area (Å²) in [6.45, 7) is 3.59. The summed E-state index contributed by atoms with van der Waals surface area (Å²) in [5, 5.41) is 3.80. The molecule has 0 radical (unpaired) electrons. The number of anilines is 1. The van der Waals surface area contributed by atoms with Crippen LogP contribution in [0.3, 0.4) is 0 Å². The van der Waals surface area contributed by atoms with Crippen LogP contribution < -0.4 is 5.32 Å². The number of aryl methyl sites for hydroxylation is 2. The highest BCUT2D eigenvalue weighted by molar-refractivity contribution is 7.17. The van der Waals surface area contributed by atoms with Gasteiger partial charge in [-0.15, -0.1) is 11.3 Å². The van der Waals surface area contributed by atoms with E-state index >= 15 is 0 Å². The zero-order valence-electron chi connectivity index (χ0n) is 15.1. The lowest BCUT2D eigenvalue weighted by Crippen LogP contribution is -2.29. The van der Waals surface area contributed by atoms with Gasteiger partial charge in [-0.1, -0.05) is 18.2 Å². The fourth-order valence-electron chi connectivity index (χ4n) is 3.96. The molecule has 1 aromatic carbocycles. The Morgan fingerprint density at radius 2 is 1.77 bits per heavy atom. The lowest BCUT2D eigenvalue weighted by Gasteiger charge is -2.19. The minimum absolute atomic E-state index is 0.0991. The Kier molecular flexibility index (Phi) is 4.81. The number of likely N-dealkylation sites (tertiary alicyclic amines) is 1. The first-order valence-electron chi connectivity index (χ1n) is 9.46. The van der Waals surface area contributed by atoms with E-state index in [1.807, 2.05) is 36.1 Å². The second-order valence-electron chi connectivity index (χ2n) is 7.18. The number of hydrogen-bond donors (Lipinski definition) is 1. The molecule has 1 aromatic heterocycles. The zero-order chi connectivity index (χ0) is 18.1. The van der Waals surface area contributed by atoms with Crippen LogP contribution in [0.25, 0.3) is 0 Å². The molecule has 2 aliphatic rings. The number of benzene rings is 1. The topological polar surface area (TPSA) is 49.4 Å². The first kappa shape index (κ1) is 17.3. The van der Waals surface area contributed by atoms with Gasteiger partial charge >= 0.3 is 0 Å². The van der Waals surface area contributed by atoms with Crippen molar-refractivity contribution in [2.45, 2.75) is 45.4 Å². The molecule has 1 aliphatic heterocycles. The molecular weight excluding hydrogens is 344 g/mol. The van der Waals surface area contributed by atoms with E-state index in [0.29, 0.717) is 5.56 Å². The molecule has 0 atom stereocenters. The van der Waals surface area contributed by atoms with Gasteiger partial charge in [0.25, 0.3) is 11.8 Å². The van der Waals surface area contributed by atoms with Crippen molar-refractivity contribution < 1.29 is 9.59 Å². The quantitative estimate of drug-likeness (QED) is 0.872. The number of thiophene rings is 1. The highest BCUT2D eigenvalue weighted by Gasteiger charge is 2.30. The summed E-state index contributed by atoms with van der Waals surface area (Å²) in [7, 11) is 0. The van der Waals surface area contributed by atoms with Gasteiger partial charge in [-0.25, -0.2) is 0 Å². The average molecular weight is 369 g/mol. The van der Waals surface area contributed by atoms with Crippen LogP contribution in [0.15, 0.2) is 24.3 Å². The molecular formula is C21H24N2O2S. The first-order valence-corrected chi connectivity index (χ1v) is 10.3. The standard InChI is InChI=1S/C21H24N2O2S/c1-14-8-2-3-9-15(14)19(24)22-20-18(21(25)23-12-6-7-13-23)16-10-4-5-11-17(16)26-20/h2-3,8-9H,4-7,10-13H2,1H3,(H,22,24). The maximum absolute atomic E-state index is 13.2. The van der Waals surface area contributed by atoms with Gasteiger partial charge in [0.2, 0.25) is 0 Å². The normalized spacial score (nSPS) is 16.4. The van der Waals surface area contributed by atoms with Crippen LogP contribution in [-0.4, -0.2) is 29.8 Å². The van der Waals surface area contributed by atoms with Crippen LogP contribution in [-0.2, 0) is 12.8 Å². The average Bonchev–Trinajstić information content (AvgIpc) is 3.29. The van der Waals surface area contributed by atoms with Crippen molar-refractivity contribution in [3.05, 3.63) is 51.4 Å². The molecule has 5 heteroatoms. The molecule has 4 nitrogen and oxygen atoms in total. The Balaban J connectivity index is 1.69. The van der Waals surface area contributed by atoms with Gasteiger partial charge in [0, 0.05) is 23.5 Å².